The van der Waals surface area contributed by atoms with Crippen molar-refractivity contribution in [2.45, 2.75) is 60.4 Å². The van der Waals surface area contributed by atoms with E-state index in [0.717, 1.165) is 12.0 Å². The van der Waals surface area contributed by atoms with E-state index >= 15 is 0 Å². The molecule has 0 saturated carbocycles. The number of hydrogen-bond donors (Lipinski definition) is 0. The summed E-state index contributed by atoms with van der Waals surface area (Å²) in [5, 5.41) is 0. The molecule has 1 aliphatic heterocycles. The quantitative estimate of drug-likeness (QED) is 0.745. The summed E-state index contributed by atoms with van der Waals surface area (Å²) in [4.78, 5) is 10.8. The maximum Gasteiger partial charge on any atom is 0.160 e. The van der Waals surface area contributed by atoms with Crippen LogP contribution in [0.5, 0.6) is 0 Å². The fourth-order valence-electron chi connectivity index (χ4n) is 3.01. The van der Waals surface area contributed by atoms with Gasteiger partial charge in [-0.1, -0.05) is 57.5 Å². The summed E-state index contributed by atoms with van der Waals surface area (Å²) in [6.07, 6.45) is 1.45. The molecule has 0 bridgehead atoms. The summed E-state index contributed by atoms with van der Waals surface area (Å²) in [6, 6.07) is 7.57. The summed E-state index contributed by atoms with van der Waals surface area (Å²) in [7, 11) is 1.73. The van der Waals surface area contributed by atoms with E-state index in [1.807, 2.05) is 31.2 Å². The lowest BCUT2D eigenvalue weighted by molar-refractivity contribution is -0.237. The van der Waals surface area contributed by atoms with Gasteiger partial charge in [-0.15, -0.1) is 0 Å². The van der Waals surface area contributed by atoms with Gasteiger partial charge in [-0.2, -0.15) is 0 Å². The van der Waals surface area contributed by atoms with Gasteiger partial charge in [0.2, 0.25) is 0 Å². The Morgan fingerprint density at radius 2 is 1.65 bits per heavy atom. The molecule has 1 aliphatic rings. The molecule has 0 N–H and O–H groups in total. The van der Waals surface area contributed by atoms with Gasteiger partial charge in [0.05, 0.1) is 6.10 Å². The molecule has 1 heterocycles. The van der Waals surface area contributed by atoms with Crippen LogP contribution in [0.3, 0.4) is 0 Å². The molecule has 3 nitrogen and oxygen atoms in total. The molecule has 2 rings (SSSR count). The van der Waals surface area contributed by atoms with Crippen LogP contribution in [0.15, 0.2) is 24.3 Å². The first kappa shape index (κ1) is 19.9. The van der Waals surface area contributed by atoms with E-state index < -0.39 is 0 Å². The van der Waals surface area contributed by atoms with Crippen LogP contribution in [-0.2, 0) is 9.47 Å². The Labute approximate surface area is 141 Å². The summed E-state index contributed by atoms with van der Waals surface area (Å²) < 4.78 is 11.2. The Balaban J connectivity index is 0.000000238. The molecule has 0 aliphatic carbocycles. The third-order valence-electron chi connectivity index (χ3n) is 5.08. The van der Waals surface area contributed by atoms with E-state index in [0.29, 0.717) is 23.9 Å². The maximum absolute atomic E-state index is 10.8. The van der Waals surface area contributed by atoms with Gasteiger partial charge in [0.25, 0.3) is 0 Å². The van der Waals surface area contributed by atoms with Crippen LogP contribution in [0.25, 0.3) is 0 Å². The molecule has 1 aromatic rings. The molecule has 3 heteroatoms. The van der Waals surface area contributed by atoms with Crippen molar-refractivity contribution < 1.29 is 14.3 Å². The van der Waals surface area contributed by atoms with Crippen LogP contribution in [0.1, 0.15) is 57.0 Å². The van der Waals surface area contributed by atoms with Crippen molar-refractivity contribution in [3.05, 3.63) is 35.4 Å². The second kappa shape index (κ2) is 9.19. The van der Waals surface area contributed by atoms with Gasteiger partial charge in [-0.25, -0.2) is 0 Å². The highest BCUT2D eigenvalue weighted by Crippen LogP contribution is 2.36. The molecule has 5 atom stereocenters. The zero-order valence-corrected chi connectivity index (χ0v) is 15.6. The second-order valence-corrected chi connectivity index (χ2v) is 6.69. The minimum atomic E-state index is -0.00356. The number of rotatable bonds is 3. The fraction of sp³-hybridized carbons (Fsp3) is 0.650. The van der Waals surface area contributed by atoms with Crippen LogP contribution in [0.4, 0.5) is 0 Å². The lowest BCUT2D eigenvalue weighted by atomic mass is 9.78. The predicted octanol–water partition coefficient (Wildman–Crippen LogP) is 4.87. The standard InChI is InChI=1S/C11H22O2.C9H10O/c1-6-10-8(3)7(2)9(4)11(12-5)13-10;1-7-3-5-9(6-4-7)8(2)10/h7-11H,6H2,1-5H3;3-6H,1-2H3. The number of ketones is 1. The predicted molar refractivity (Wildman–Crippen MR) is 94.6 cm³/mol. The van der Waals surface area contributed by atoms with Crippen LogP contribution < -0.4 is 0 Å². The lowest BCUT2D eigenvalue weighted by Gasteiger charge is -2.42. The van der Waals surface area contributed by atoms with Gasteiger partial charge in [0.15, 0.2) is 12.1 Å². The van der Waals surface area contributed by atoms with E-state index in [1.54, 1.807) is 14.0 Å². The number of Topliss-reactive ketones (excluding diaryl/α,β-unsaturated/α-hetero) is 1. The van der Waals surface area contributed by atoms with E-state index in [2.05, 4.69) is 27.7 Å². The zero-order chi connectivity index (χ0) is 17.6. The highest BCUT2D eigenvalue weighted by atomic mass is 16.7. The normalized spacial score (nSPS) is 30.3. The molecule has 23 heavy (non-hydrogen) atoms. The van der Waals surface area contributed by atoms with Crippen LogP contribution in [0.2, 0.25) is 0 Å². The third kappa shape index (κ3) is 5.43. The zero-order valence-electron chi connectivity index (χ0n) is 15.6. The van der Waals surface area contributed by atoms with E-state index in [4.69, 9.17) is 9.47 Å². The van der Waals surface area contributed by atoms with E-state index in [1.165, 1.54) is 5.56 Å². The van der Waals surface area contributed by atoms with Crippen LogP contribution >= 0.6 is 0 Å². The van der Waals surface area contributed by atoms with Gasteiger partial charge in [-0.05, 0) is 32.1 Å². The van der Waals surface area contributed by atoms with Gasteiger partial charge >= 0.3 is 0 Å². The topological polar surface area (TPSA) is 35.5 Å². The highest BCUT2D eigenvalue weighted by molar-refractivity contribution is 5.93. The van der Waals surface area contributed by atoms with Crippen LogP contribution in [0, 0.1) is 24.7 Å². The Morgan fingerprint density at radius 3 is 2.09 bits per heavy atom. The smallest absolute Gasteiger partial charge is 0.160 e. The number of ether oxygens (including phenoxy) is 2. The molecule has 0 radical (unpaired) electrons. The van der Waals surface area contributed by atoms with Crippen molar-refractivity contribution in [2.24, 2.45) is 17.8 Å². The molecule has 1 saturated heterocycles. The first-order valence-electron chi connectivity index (χ1n) is 8.57. The third-order valence-corrected chi connectivity index (χ3v) is 5.08. The average molecular weight is 320 g/mol. The molecular weight excluding hydrogens is 288 g/mol. The number of benzene rings is 1. The van der Waals surface area contributed by atoms with E-state index in [9.17, 15) is 4.79 Å². The van der Waals surface area contributed by atoms with Crippen LogP contribution in [-0.4, -0.2) is 25.3 Å². The van der Waals surface area contributed by atoms with Crippen molar-refractivity contribution in [1.29, 1.82) is 0 Å². The first-order valence-corrected chi connectivity index (χ1v) is 8.57. The molecule has 0 spiro atoms. The van der Waals surface area contributed by atoms with Crippen molar-refractivity contribution in [1.82, 2.24) is 0 Å². The Bertz CT molecular complexity index is 460. The highest BCUT2D eigenvalue weighted by Gasteiger charge is 2.38. The Hall–Kier alpha value is -1.19. The van der Waals surface area contributed by atoms with Crippen molar-refractivity contribution in [3.63, 3.8) is 0 Å². The minimum Gasteiger partial charge on any atom is -0.356 e. The molecule has 0 aromatic heterocycles. The summed E-state index contributed by atoms with van der Waals surface area (Å²) in [6.45, 7) is 12.5. The van der Waals surface area contributed by atoms with Gasteiger partial charge in [-0.3, -0.25) is 4.79 Å². The molecule has 1 fully saturated rings. The number of hydrogen-bond acceptors (Lipinski definition) is 3. The number of carbonyl (C=O) groups excluding carboxylic acids is 1. The maximum atomic E-state index is 10.8. The lowest BCUT2D eigenvalue weighted by Crippen LogP contribution is -2.45. The van der Waals surface area contributed by atoms with Gasteiger partial charge in [0, 0.05) is 18.6 Å². The number of methoxy groups -OCH3 is 1. The molecular formula is C20H32O3. The molecule has 5 unspecified atom stereocenters. The molecule has 130 valence electrons. The van der Waals surface area contributed by atoms with Gasteiger partial charge < -0.3 is 9.47 Å². The largest absolute Gasteiger partial charge is 0.356 e. The molecule has 0 amide bonds. The number of aryl methyl sites for hydroxylation is 1. The summed E-state index contributed by atoms with van der Waals surface area (Å²) in [5.74, 6) is 1.96. The first-order chi connectivity index (χ1) is 10.8. The Morgan fingerprint density at radius 1 is 1.09 bits per heavy atom. The second-order valence-electron chi connectivity index (χ2n) is 6.69. The Kier molecular flexibility index (Phi) is 7.93. The molecule has 1 aromatic carbocycles. The number of carbonyl (C=O) groups is 1. The summed E-state index contributed by atoms with van der Waals surface area (Å²) >= 11 is 0. The van der Waals surface area contributed by atoms with Gasteiger partial charge in [0.1, 0.15) is 0 Å². The van der Waals surface area contributed by atoms with Crippen molar-refractivity contribution >= 4 is 5.78 Å². The van der Waals surface area contributed by atoms with E-state index in [-0.39, 0.29) is 12.1 Å². The van der Waals surface area contributed by atoms with Crippen molar-refractivity contribution in [2.75, 3.05) is 7.11 Å². The SMILES string of the molecule is CC(=O)c1ccc(C)cc1.CCC1OC(OC)C(C)C(C)C1C. The summed E-state index contributed by atoms with van der Waals surface area (Å²) in [5.41, 5.74) is 1.97. The van der Waals surface area contributed by atoms with Crippen molar-refractivity contribution in [3.8, 4) is 0 Å². The fourth-order valence-corrected chi connectivity index (χ4v) is 3.01. The monoisotopic (exact) mass is 320 g/mol. The average Bonchev–Trinajstić information content (AvgIpc) is 2.54. The minimum absolute atomic E-state index is 0.00356.